The number of carbonyl (C=O) groups excluding carboxylic acids is 3. The van der Waals surface area contributed by atoms with Gasteiger partial charge in [-0.3, -0.25) is 9.59 Å². The summed E-state index contributed by atoms with van der Waals surface area (Å²) in [6, 6.07) is 4.95. The smallest absolute Gasteiger partial charge is 0.433 e. The van der Waals surface area contributed by atoms with Crippen LogP contribution in [0.25, 0.3) is 11.1 Å². The molecule has 334 valence electrons. The van der Waals surface area contributed by atoms with Crippen LogP contribution >= 0.6 is 0 Å². The van der Waals surface area contributed by atoms with E-state index >= 15 is 0 Å². The molecule has 60 heavy (non-hydrogen) atoms. The van der Waals surface area contributed by atoms with E-state index in [-0.39, 0.29) is 56.5 Å². The molecule has 0 spiro atoms. The van der Waals surface area contributed by atoms with Crippen LogP contribution in [0.3, 0.4) is 0 Å². The van der Waals surface area contributed by atoms with Crippen molar-refractivity contribution in [1.82, 2.24) is 9.88 Å². The van der Waals surface area contributed by atoms with E-state index in [2.05, 4.69) is 15.1 Å². The number of esters is 1. The minimum absolute atomic E-state index is 0.0130. The molecule has 4 heterocycles. The van der Waals surface area contributed by atoms with Crippen LogP contribution < -0.4 is 5.73 Å². The number of nitrogens with zero attached hydrogens (tertiary/aromatic N) is 4. The quantitative estimate of drug-likeness (QED) is 0.202. The number of Topliss-reactive ketones (excluding diaryl/α,β-unsaturated/α-hetero) is 1. The normalized spacial score (nSPS) is 37.7. The molecule has 1 aromatic heterocycles. The Morgan fingerprint density at radius 1 is 1.10 bits per heavy atom. The van der Waals surface area contributed by atoms with Crippen LogP contribution in [0, 0.1) is 23.7 Å². The first kappa shape index (κ1) is 47.0. The Bertz CT molecular complexity index is 1900. The lowest BCUT2D eigenvalue weighted by Crippen LogP contribution is -2.60. The Morgan fingerprint density at radius 2 is 1.82 bits per heavy atom. The van der Waals surface area contributed by atoms with Crippen molar-refractivity contribution in [2.45, 2.75) is 135 Å². The molecule has 5 rings (SSSR count). The number of hydrogen-bond donors (Lipinski definition) is 3. The van der Waals surface area contributed by atoms with Crippen LogP contribution in [0.5, 0.6) is 0 Å². The van der Waals surface area contributed by atoms with Crippen molar-refractivity contribution in [2.75, 3.05) is 40.2 Å². The SMILES string of the molecule is CC[C@H]1OC(=O)[C@H](C)C(=O)[C@H](C)[C@@H](O[C@@H]2O[C@H](C)C[C@H](N(C)C)[C@H]2O)[C@@]2(C)C[C@@H](C)/C(=N\C(=O)OC)[C@H](C)[C@H](OC/C(=N\OCc3ccc4oc(N)nc4c3)CO2)[C@]1(C)O. The van der Waals surface area contributed by atoms with Crippen molar-refractivity contribution >= 4 is 46.4 Å². The second-order valence-corrected chi connectivity index (χ2v) is 17.1. The number of aliphatic hydroxyl groups is 2. The lowest BCUT2D eigenvalue weighted by atomic mass is 9.73. The van der Waals surface area contributed by atoms with Crippen LogP contribution in [-0.2, 0) is 49.5 Å². The summed E-state index contributed by atoms with van der Waals surface area (Å²) < 4.78 is 42.8. The molecule has 3 aliphatic rings. The monoisotopic (exact) mass is 845 g/mol. The summed E-state index contributed by atoms with van der Waals surface area (Å²) in [5, 5.41) is 28.6. The molecule has 0 aliphatic carbocycles. The van der Waals surface area contributed by atoms with E-state index in [9.17, 15) is 24.6 Å². The molecule has 13 atom stereocenters. The topological polar surface area (TPSA) is 236 Å². The first-order valence-electron chi connectivity index (χ1n) is 20.6. The van der Waals surface area contributed by atoms with Gasteiger partial charge in [-0.1, -0.05) is 38.9 Å². The first-order valence-corrected chi connectivity index (χ1v) is 20.6. The molecule has 2 bridgehead atoms. The number of methoxy groups -OCH3 is 1. The zero-order valence-electron chi connectivity index (χ0n) is 36.6. The summed E-state index contributed by atoms with van der Waals surface area (Å²) in [5.74, 6) is -5.15. The number of hydrogen-bond acceptors (Lipinski definition) is 17. The molecule has 2 aromatic rings. The van der Waals surface area contributed by atoms with Gasteiger partial charge in [0.05, 0.1) is 44.2 Å². The van der Waals surface area contributed by atoms with Gasteiger partial charge in [0.15, 0.2) is 17.7 Å². The number of ether oxygens (including phenoxy) is 6. The summed E-state index contributed by atoms with van der Waals surface area (Å²) in [7, 11) is 4.91. The predicted octanol–water partition coefficient (Wildman–Crippen LogP) is 4.07. The van der Waals surface area contributed by atoms with Crippen LogP contribution in [0.2, 0.25) is 0 Å². The number of cyclic esters (lactones) is 1. The number of aliphatic hydroxyl groups excluding tert-OH is 1. The maximum Gasteiger partial charge on any atom is 0.433 e. The van der Waals surface area contributed by atoms with E-state index in [4.69, 9.17) is 43.4 Å². The molecule has 0 radical (unpaired) electrons. The third-order valence-electron chi connectivity index (χ3n) is 12.1. The lowest BCUT2D eigenvalue weighted by molar-refractivity contribution is -0.296. The number of nitrogens with two attached hydrogens (primary N) is 1. The van der Waals surface area contributed by atoms with E-state index in [1.54, 1.807) is 45.9 Å². The molecule has 3 saturated heterocycles. The largest absolute Gasteiger partial charge is 0.459 e. The van der Waals surface area contributed by atoms with E-state index < -0.39 is 83.4 Å². The number of aromatic nitrogens is 1. The van der Waals surface area contributed by atoms with Crippen molar-refractivity contribution in [3.8, 4) is 0 Å². The molecule has 4 N–H and O–H groups in total. The molecule has 0 unspecified atom stereocenters. The average molecular weight is 846 g/mol. The van der Waals surface area contributed by atoms with Gasteiger partial charge in [0.2, 0.25) is 0 Å². The number of oxazole rings is 1. The maximum atomic E-state index is 14.5. The van der Waals surface area contributed by atoms with E-state index in [0.29, 0.717) is 28.8 Å². The average Bonchev–Trinajstić information content (AvgIpc) is 3.57. The van der Waals surface area contributed by atoms with Gasteiger partial charge in [-0.25, -0.2) is 4.79 Å². The number of nitrogen functional groups attached to an aromatic ring is 1. The molecular formula is C42H63N5O13. The summed E-state index contributed by atoms with van der Waals surface area (Å²) in [5.41, 5.74) is 4.69. The fourth-order valence-corrected chi connectivity index (χ4v) is 8.85. The number of benzene rings is 1. The van der Waals surface area contributed by atoms with Gasteiger partial charge in [-0.2, -0.15) is 9.98 Å². The summed E-state index contributed by atoms with van der Waals surface area (Å²) >= 11 is 0. The van der Waals surface area contributed by atoms with E-state index in [1.807, 2.05) is 32.8 Å². The van der Waals surface area contributed by atoms with Gasteiger partial charge >= 0.3 is 12.1 Å². The number of likely N-dealkylation sites (N-methyl/N-ethyl adjacent to an activating group) is 1. The molecule has 0 saturated carbocycles. The third kappa shape index (κ3) is 10.3. The van der Waals surface area contributed by atoms with Crippen LogP contribution in [0.1, 0.15) is 80.2 Å². The Hall–Kier alpha value is -4.04. The Morgan fingerprint density at radius 3 is 2.48 bits per heavy atom. The van der Waals surface area contributed by atoms with Gasteiger partial charge in [0, 0.05) is 23.6 Å². The fourth-order valence-electron chi connectivity index (χ4n) is 8.85. The van der Waals surface area contributed by atoms with E-state index in [1.165, 1.54) is 21.0 Å². The molecule has 1 aromatic carbocycles. The molecule has 3 fully saturated rings. The summed E-state index contributed by atoms with van der Waals surface area (Å²) in [6.45, 7) is 13.1. The zero-order valence-corrected chi connectivity index (χ0v) is 36.6. The highest BCUT2D eigenvalue weighted by Crippen LogP contribution is 2.40. The Balaban J connectivity index is 1.67. The second-order valence-electron chi connectivity index (χ2n) is 17.1. The third-order valence-corrected chi connectivity index (χ3v) is 12.1. The Labute approximate surface area is 351 Å². The minimum Gasteiger partial charge on any atom is -0.459 e. The van der Waals surface area contributed by atoms with Crippen LogP contribution in [-0.4, -0.2) is 138 Å². The van der Waals surface area contributed by atoms with Crippen molar-refractivity contribution in [1.29, 1.82) is 0 Å². The fraction of sp³-hybridized carbons (Fsp3) is 0.714. The zero-order chi connectivity index (χ0) is 44.3. The first-order chi connectivity index (χ1) is 28.2. The molecule has 1 amide bonds. The molecule has 18 heteroatoms. The highest BCUT2D eigenvalue weighted by Gasteiger charge is 2.53. The Kier molecular flexibility index (Phi) is 15.2. The number of amides is 1. The number of fused-ring (bicyclic) bond motifs is 6. The van der Waals surface area contributed by atoms with Crippen molar-refractivity contribution in [2.24, 2.45) is 33.8 Å². The number of aliphatic imine (C=N–C) groups is 1. The number of ketones is 1. The lowest BCUT2D eigenvalue weighted by Gasteiger charge is -2.47. The second kappa shape index (κ2) is 19.3. The van der Waals surface area contributed by atoms with E-state index in [0.717, 1.165) is 0 Å². The standard InChI is InChI=1S/C42H63N5O13/c1-12-31-42(8,52)36-23(4)32(45-40(51)53-11)21(2)17-41(7,55-20-27(19-54-36)46-56-18-26-13-14-30-28(16-26)44-39(43)58-30)35(24(5)33(48)25(6)37(50)59-31)60-38-34(49)29(47(9)10)15-22(3)57-38/h13-14,16,21-25,29,31,34-36,38,49,52H,12,15,17-20H2,1-11H3,(H2,43,44)/b45-32+,46-27+/t21-,22-,23+,24+,25-,29+,31-,34-,35-,36+,38+,41-,42-/m1/s1. The van der Waals surface area contributed by atoms with Crippen molar-refractivity contribution < 1.29 is 62.3 Å². The van der Waals surface area contributed by atoms with Gasteiger partial charge < -0.3 is 58.5 Å². The van der Waals surface area contributed by atoms with Gasteiger partial charge in [-0.05, 0) is 84.7 Å². The number of anilines is 1. The molecule has 18 nitrogen and oxygen atoms in total. The predicted molar refractivity (Wildman–Crippen MR) is 219 cm³/mol. The number of oxime groups is 1. The highest BCUT2D eigenvalue weighted by molar-refractivity contribution is 6.00. The number of carbonyl (C=O) groups is 3. The van der Waals surface area contributed by atoms with Crippen molar-refractivity contribution in [3.05, 3.63) is 23.8 Å². The summed E-state index contributed by atoms with van der Waals surface area (Å²) in [4.78, 5) is 57.7. The minimum atomic E-state index is -1.91. The van der Waals surface area contributed by atoms with Gasteiger partial charge in [-0.15, -0.1) is 0 Å². The van der Waals surface area contributed by atoms with Crippen LogP contribution in [0.4, 0.5) is 10.8 Å². The van der Waals surface area contributed by atoms with Gasteiger partial charge in [0.1, 0.15) is 41.6 Å². The molecular weight excluding hydrogens is 782 g/mol. The molecule has 3 aliphatic heterocycles. The number of rotatable bonds is 7. The van der Waals surface area contributed by atoms with Gasteiger partial charge in [0.25, 0.3) is 6.01 Å². The maximum absolute atomic E-state index is 14.5. The highest BCUT2D eigenvalue weighted by atomic mass is 16.7. The van der Waals surface area contributed by atoms with Crippen molar-refractivity contribution in [3.63, 3.8) is 0 Å². The van der Waals surface area contributed by atoms with Crippen LogP contribution in [0.15, 0.2) is 32.8 Å². The summed E-state index contributed by atoms with van der Waals surface area (Å²) in [6.07, 6.45) is -6.34.